The second kappa shape index (κ2) is 6.68. The molecule has 0 aliphatic rings. The first-order valence-electron chi connectivity index (χ1n) is 8.17. The Hall–Kier alpha value is -2.29. The number of rotatable bonds is 3. The Morgan fingerprint density at radius 1 is 1.04 bits per heavy atom. The van der Waals surface area contributed by atoms with Gasteiger partial charge in [0.05, 0.1) is 0 Å². The maximum Gasteiger partial charge on any atom is 0.342 e. The number of aromatic hydroxyl groups is 1. The molecule has 0 fully saturated rings. The van der Waals surface area contributed by atoms with E-state index >= 15 is 0 Å². The van der Waals surface area contributed by atoms with Crippen LogP contribution in [0.4, 0.5) is 0 Å². The molecule has 0 radical (unpaired) electrons. The van der Waals surface area contributed by atoms with E-state index in [0.717, 1.165) is 22.3 Å². The van der Waals surface area contributed by atoms with Crippen LogP contribution in [0.15, 0.2) is 30.3 Å². The van der Waals surface area contributed by atoms with Crippen molar-refractivity contribution in [1.82, 2.24) is 0 Å². The fourth-order valence-electron chi connectivity index (χ4n) is 2.68. The van der Waals surface area contributed by atoms with Crippen molar-refractivity contribution in [3.05, 3.63) is 63.7 Å². The molecule has 0 aliphatic carbocycles. The summed E-state index contributed by atoms with van der Waals surface area (Å²) in [5.41, 5.74) is 5.68. The second-order valence-electron chi connectivity index (χ2n) is 7.44. The Morgan fingerprint density at radius 3 is 2.12 bits per heavy atom. The number of hydrogen-bond acceptors (Lipinski definition) is 3. The van der Waals surface area contributed by atoms with Gasteiger partial charge in [0, 0.05) is 0 Å². The Morgan fingerprint density at radius 2 is 1.62 bits per heavy atom. The van der Waals surface area contributed by atoms with E-state index in [1.807, 2.05) is 20.8 Å². The fraction of sp³-hybridized carbons (Fsp3) is 0.381. The number of benzene rings is 2. The van der Waals surface area contributed by atoms with Gasteiger partial charge in [0.15, 0.2) is 0 Å². The van der Waals surface area contributed by atoms with E-state index in [4.69, 9.17) is 4.74 Å². The van der Waals surface area contributed by atoms with Gasteiger partial charge in [-0.25, -0.2) is 4.79 Å². The summed E-state index contributed by atoms with van der Waals surface area (Å²) in [5, 5.41) is 9.89. The highest BCUT2D eigenvalue weighted by Crippen LogP contribution is 2.27. The third-order valence-electron chi connectivity index (χ3n) is 4.28. The molecule has 2 aromatic carbocycles. The number of carbonyl (C=O) groups excluding carboxylic acids is 1. The van der Waals surface area contributed by atoms with E-state index in [1.165, 1.54) is 5.56 Å². The molecule has 2 aromatic rings. The number of aryl methyl sites for hydroxylation is 3. The van der Waals surface area contributed by atoms with Gasteiger partial charge >= 0.3 is 5.97 Å². The monoisotopic (exact) mass is 326 g/mol. The van der Waals surface area contributed by atoms with Crippen molar-refractivity contribution in [3.8, 4) is 5.75 Å². The summed E-state index contributed by atoms with van der Waals surface area (Å²) in [7, 11) is 0. The van der Waals surface area contributed by atoms with Crippen molar-refractivity contribution in [2.45, 2.75) is 53.6 Å². The summed E-state index contributed by atoms with van der Waals surface area (Å²) < 4.78 is 5.42. The minimum atomic E-state index is -0.508. The molecular weight excluding hydrogens is 300 g/mol. The summed E-state index contributed by atoms with van der Waals surface area (Å²) in [6.45, 7) is 12.7. The maximum atomic E-state index is 12.2. The zero-order valence-electron chi connectivity index (χ0n) is 15.4. The van der Waals surface area contributed by atoms with Gasteiger partial charge in [-0.1, -0.05) is 39.0 Å². The minimum absolute atomic E-state index is 0.0449. The first-order valence-corrected chi connectivity index (χ1v) is 8.17. The average Bonchev–Trinajstić information content (AvgIpc) is 2.44. The second-order valence-corrected chi connectivity index (χ2v) is 7.44. The molecular formula is C21H26O3. The quantitative estimate of drug-likeness (QED) is 0.810. The standard InChI is InChI=1S/C21H26O3/c1-13-7-8-17(19(22)9-13)20(23)24-12-18-14(2)10-16(11-15(18)3)21(4,5)6/h7-11,22H,12H2,1-6H3. The van der Waals surface area contributed by atoms with Crippen LogP contribution in [0.2, 0.25) is 0 Å². The van der Waals surface area contributed by atoms with Crippen molar-refractivity contribution < 1.29 is 14.6 Å². The summed E-state index contributed by atoms with van der Waals surface area (Å²) in [5.74, 6) is -0.553. The van der Waals surface area contributed by atoms with E-state index in [2.05, 4.69) is 32.9 Å². The minimum Gasteiger partial charge on any atom is -0.507 e. The summed E-state index contributed by atoms with van der Waals surface area (Å²) in [4.78, 5) is 12.2. The maximum absolute atomic E-state index is 12.2. The van der Waals surface area contributed by atoms with E-state index < -0.39 is 5.97 Å². The molecule has 0 amide bonds. The van der Waals surface area contributed by atoms with Crippen LogP contribution < -0.4 is 0 Å². The fourth-order valence-corrected chi connectivity index (χ4v) is 2.68. The van der Waals surface area contributed by atoms with Crippen molar-refractivity contribution in [2.75, 3.05) is 0 Å². The molecule has 0 aromatic heterocycles. The predicted octanol–water partition coefficient (Wildman–Crippen LogP) is 4.97. The zero-order chi connectivity index (χ0) is 18.1. The molecule has 0 unspecified atom stereocenters. The van der Waals surface area contributed by atoms with Gasteiger partial charge in [0.2, 0.25) is 0 Å². The molecule has 0 heterocycles. The van der Waals surface area contributed by atoms with Crippen molar-refractivity contribution >= 4 is 5.97 Å². The topological polar surface area (TPSA) is 46.5 Å². The van der Waals surface area contributed by atoms with Gasteiger partial charge in [-0.15, -0.1) is 0 Å². The van der Waals surface area contributed by atoms with Crippen LogP contribution in [0.25, 0.3) is 0 Å². The van der Waals surface area contributed by atoms with Crippen LogP contribution in [0.1, 0.15) is 58.9 Å². The molecule has 0 spiro atoms. The molecule has 0 saturated carbocycles. The lowest BCUT2D eigenvalue weighted by molar-refractivity contribution is 0.0468. The number of esters is 1. The third-order valence-corrected chi connectivity index (χ3v) is 4.28. The molecule has 24 heavy (non-hydrogen) atoms. The first kappa shape index (κ1) is 18.1. The molecule has 128 valence electrons. The Balaban J connectivity index is 2.19. The van der Waals surface area contributed by atoms with Crippen LogP contribution >= 0.6 is 0 Å². The molecule has 1 N–H and O–H groups in total. The van der Waals surface area contributed by atoms with E-state index in [-0.39, 0.29) is 23.3 Å². The van der Waals surface area contributed by atoms with E-state index in [1.54, 1.807) is 18.2 Å². The molecule has 0 saturated heterocycles. The molecule has 2 rings (SSSR count). The van der Waals surface area contributed by atoms with Crippen molar-refractivity contribution in [3.63, 3.8) is 0 Å². The van der Waals surface area contributed by atoms with Crippen LogP contribution in [-0.4, -0.2) is 11.1 Å². The van der Waals surface area contributed by atoms with Crippen LogP contribution in [0.5, 0.6) is 5.75 Å². The number of phenolic OH excluding ortho intramolecular Hbond substituents is 1. The van der Waals surface area contributed by atoms with Gasteiger partial charge in [0.1, 0.15) is 17.9 Å². The lowest BCUT2D eigenvalue weighted by atomic mass is 9.84. The number of carbonyl (C=O) groups is 1. The average molecular weight is 326 g/mol. The number of ether oxygens (including phenoxy) is 1. The van der Waals surface area contributed by atoms with Gasteiger partial charge in [-0.2, -0.15) is 0 Å². The normalized spacial score (nSPS) is 11.4. The van der Waals surface area contributed by atoms with Crippen LogP contribution in [-0.2, 0) is 16.8 Å². The SMILES string of the molecule is Cc1ccc(C(=O)OCc2c(C)cc(C(C)(C)C)cc2C)c(O)c1. The Labute approximate surface area is 144 Å². The molecule has 3 nitrogen and oxygen atoms in total. The Kier molecular flexibility index (Phi) is 5.02. The van der Waals surface area contributed by atoms with Crippen molar-refractivity contribution in [1.29, 1.82) is 0 Å². The third kappa shape index (κ3) is 3.97. The van der Waals surface area contributed by atoms with Crippen molar-refractivity contribution in [2.24, 2.45) is 0 Å². The Bertz CT molecular complexity index is 744. The van der Waals surface area contributed by atoms with E-state index in [0.29, 0.717) is 0 Å². The lowest BCUT2D eigenvalue weighted by Crippen LogP contribution is -2.13. The van der Waals surface area contributed by atoms with Crippen LogP contribution in [0, 0.1) is 20.8 Å². The summed E-state index contributed by atoms with van der Waals surface area (Å²) in [6, 6.07) is 9.24. The largest absolute Gasteiger partial charge is 0.507 e. The molecule has 0 bridgehead atoms. The summed E-state index contributed by atoms with van der Waals surface area (Å²) >= 11 is 0. The number of hydrogen-bond donors (Lipinski definition) is 1. The zero-order valence-corrected chi connectivity index (χ0v) is 15.4. The van der Waals surface area contributed by atoms with Gasteiger partial charge in [-0.05, 0) is 66.1 Å². The highest BCUT2D eigenvalue weighted by Gasteiger charge is 2.18. The van der Waals surface area contributed by atoms with E-state index in [9.17, 15) is 9.90 Å². The van der Waals surface area contributed by atoms with Gasteiger partial charge < -0.3 is 9.84 Å². The highest BCUT2D eigenvalue weighted by molar-refractivity contribution is 5.92. The first-order chi connectivity index (χ1) is 11.1. The molecule has 0 atom stereocenters. The highest BCUT2D eigenvalue weighted by atomic mass is 16.5. The van der Waals surface area contributed by atoms with Crippen LogP contribution in [0.3, 0.4) is 0 Å². The summed E-state index contributed by atoms with van der Waals surface area (Å²) in [6.07, 6.45) is 0. The van der Waals surface area contributed by atoms with Gasteiger partial charge in [-0.3, -0.25) is 0 Å². The smallest absolute Gasteiger partial charge is 0.342 e. The molecule has 3 heteroatoms. The van der Waals surface area contributed by atoms with Gasteiger partial charge in [0.25, 0.3) is 0 Å². The number of phenols is 1. The lowest BCUT2D eigenvalue weighted by Gasteiger charge is -2.22. The predicted molar refractivity (Wildman–Crippen MR) is 96.6 cm³/mol. The molecule has 0 aliphatic heterocycles.